The molecule has 0 bridgehead atoms. The lowest BCUT2D eigenvalue weighted by Crippen LogP contribution is -2.41. The summed E-state index contributed by atoms with van der Waals surface area (Å²) in [6.07, 6.45) is 8.02. The van der Waals surface area contributed by atoms with Gasteiger partial charge in [0.2, 0.25) is 5.91 Å². The van der Waals surface area contributed by atoms with Crippen molar-refractivity contribution in [2.45, 2.75) is 57.9 Å². The standard InChI is InChI=1S/C14H26N2O/c1-2-13-7-4-8-16(13)14(17)12-6-3-5-11(9-12)10-15/h11-13H,2-10,15H2,1H3. The van der Waals surface area contributed by atoms with Crippen LogP contribution in [0.3, 0.4) is 0 Å². The third-order valence-electron chi connectivity index (χ3n) is 4.60. The minimum Gasteiger partial charge on any atom is -0.339 e. The summed E-state index contributed by atoms with van der Waals surface area (Å²) in [4.78, 5) is 14.7. The largest absolute Gasteiger partial charge is 0.339 e. The maximum atomic E-state index is 12.5. The smallest absolute Gasteiger partial charge is 0.225 e. The highest BCUT2D eigenvalue weighted by atomic mass is 16.2. The summed E-state index contributed by atoms with van der Waals surface area (Å²) < 4.78 is 0. The molecular formula is C14H26N2O. The van der Waals surface area contributed by atoms with Crippen molar-refractivity contribution < 1.29 is 4.79 Å². The lowest BCUT2D eigenvalue weighted by Gasteiger charge is -2.33. The maximum absolute atomic E-state index is 12.5. The number of nitrogens with zero attached hydrogens (tertiary/aromatic N) is 1. The van der Waals surface area contributed by atoms with Gasteiger partial charge in [0.1, 0.15) is 0 Å². The van der Waals surface area contributed by atoms with Crippen LogP contribution in [0, 0.1) is 11.8 Å². The summed E-state index contributed by atoms with van der Waals surface area (Å²) in [5.41, 5.74) is 5.75. The van der Waals surface area contributed by atoms with Gasteiger partial charge in [0, 0.05) is 18.5 Å². The first-order valence-corrected chi connectivity index (χ1v) is 7.26. The summed E-state index contributed by atoms with van der Waals surface area (Å²) >= 11 is 0. The first-order valence-electron chi connectivity index (χ1n) is 7.26. The number of carbonyl (C=O) groups is 1. The Kier molecular flexibility index (Phi) is 4.43. The van der Waals surface area contributed by atoms with E-state index >= 15 is 0 Å². The van der Waals surface area contributed by atoms with E-state index < -0.39 is 0 Å². The van der Waals surface area contributed by atoms with Gasteiger partial charge in [-0.1, -0.05) is 13.3 Å². The molecule has 2 rings (SSSR count). The molecule has 0 spiro atoms. The number of hydrogen-bond acceptors (Lipinski definition) is 2. The molecule has 98 valence electrons. The maximum Gasteiger partial charge on any atom is 0.225 e. The molecule has 0 aromatic heterocycles. The first-order chi connectivity index (χ1) is 8.26. The number of nitrogens with two attached hydrogens (primary N) is 1. The highest BCUT2D eigenvalue weighted by molar-refractivity contribution is 5.79. The van der Waals surface area contributed by atoms with E-state index in [4.69, 9.17) is 5.73 Å². The van der Waals surface area contributed by atoms with Gasteiger partial charge in [0.15, 0.2) is 0 Å². The molecule has 2 aliphatic rings. The van der Waals surface area contributed by atoms with Crippen molar-refractivity contribution in [2.75, 3.05) is 13.1 Å². The molecule has 3 heteroatoms. The molecule has 1 heterocycles. The fraction of sp³-hybridized carbons (Fsp3) is 0.929. The molecule has 1 amide bonds. The van der Waals surface area contributed by atoms with Crippen LogP contribution >= 0.6 is 0 Å². The monoisotopic (exact) mass is 238 g/mol. The van der Waals surface area contributed by atoms with Gasteiger partial charge in [-0.05, 0) is 51.0 Å². The molecule has 2 fully saturated rings. The zero-order valence-electron chi connectivity index (χ0n) is 11.0. The Morgan fingerprint density at radius 3 is 2.82 bits per heavy atom. The van der Waals surface area contributed by atoms with E-state index in [1.807, 2.05) is 0 Å². The molecule has 3 unspecified atom stereocenters. The lowest BCUT2D eigenvalue weighted by molar-refractivity contribution is -0.138. The summed E-state index contributed by atoms with van der Waals surface area (Å²) in [6.45, 7) is 3.93. The Hall–Kier alpha value is -0.570. The van der Waals surface area contributed by atoms with Gasteiger partial charge in [-0.15, -0.1) is 0 Å². The normalized spacial score (nSPS) is 34.0. The fourth-order valence-corrected chi connectivity index (χ4v) is 3.51. The fourth-order valence-electron chi connectivity index (χ4n) is 3.51. The molecule has 0 radical (unpaired) electrons. The zero-order valence-corrected chi connectivity index (χ0v) is 11.0. The summed E-state index contributed by atoms with van der Waals surface area (Å²) in [6, 6.07) is 0.515. The molecule has 17 heavy (non-hydrogen) atoms. The predicted molar refractivity (Wildman–Crippen MR) is 69.5 cm³/mol. The molecule has 1 aliphatic heterocycles. The number of hydrogen-bond donors (Lipinski definition) is 1. The lowest BCUT2D eigenvalue weighted by atomic mass is 9.80. The number of amides is 1. The minimum absolute atomic E-state index is 0.268. The number of carbonyl (C=O) groups excluding carboxylic acids is 1. The second-order valence-electron chi connectivity index (χ2n) is 5.70. The van der Waals surface area contributed by atoms with Crippen LogP contribution < -0.4 is 5.73 Å². The molecule has 3 nitrogen and oxygen atoms in total. The Balaban J connectivity index is 1.94. The SMILES string of the molecule is CCC1CCCN1C(=O)C1CCCC(CN)C1. The van der Waals surface area contributed by atoms with Crippen LogP contribution in [0.4, 0.5) is 0 Å². The molecule has 1 saturated carbocycles. The van der Waals surface area contributed by atoms with E-state index in [2.05, 4.69) is 11.8 Å². The highest BCUT2D eigenvalue weighted by Gasteiger charge is 2.34. The van der Waals surface area contributed by atoms with Crippen molar-refractivity contribution >= 4 is 5.91 Å². The minimum atomic E-state index is 0.268. The molecule has 3 atom stereocenters. The molecule has 2 N–H and O–H groups in total. The Morgan fingerprint density at radius 1 is 1.29 bits per heavy atom. The van der Waals surface area contributed by atoms with E-state index in [0.29, 0.717) is 17.9 Å². The zero-order chi connectivity index (χ0) is 12.3. The number of likely N-dealkylation sites (tertiary alicyclic amines) is 1. The van der Waals surface area contributed by atoms with E-state index in [1.165, 1.54) is 25.7 Å². The summed E-state index contributed by atoms with van der Waals surface area (Å²) in [5, 5.41) is 0. The van der Waals surface area contributed by atoms with Crippen LogP contribution in [0.25, 0.3) is 0 Å². The summed E-state index contributed by atoms with van der Waals surface area (Å²) in [7, 11) is 0. The first kappa shape index (κ1) is 12.9. The Bertz CT molecular complexity index is 267. The van der Waals surface area contributed by atoms with Crippen LogP contribution in [-0.2, 0) is 4.79 Å². The van der Waals surface area contributed by atoms with Crippen LogP contribution in [-0.4, -0.2) is 29.9 Å². The third-order valence-corrected chi connectivity index (χ3v) is 4.60. The van der Waals surface area contributed by atoms with Gasteiger partial charge >= 0.3 is 0 Å². The quantitative estimate of drug-likeness (QED) is 0.819. The molecule has 1 aliphatic carbocycles. The average molecular weight is 238 g/mol. The van der Waals surface area contributed by atoms with Crippen molar-refractivity contribution in [3.63, 3.8) is 0 Å². The van der Waals surface area contributed by atoms with Gasteiger partial charge < -0.3 is 10.6 Å². The Labute approximate surface area is 105 Å². The average Bonchev–Trinajstić information content (AvgIpc) is 2.86. The third kappa shape index (κ3) is 2.82. The predicted octanol–water partition coefficient (Wildman–Crippen LogP) is 2.15. The van der Waals surface area contributed by atoms with E-state index in [0.717, 1.165) is 32.4 Å². The van der Waals surface area contributed by atoms with Gasteiger partial charge in [0.25, 0.3) is 0 Å². The van der Waals surface area contributed by atoms with Crippen LogP contribution in [0.1, 0.15) is 51.9 Å². The van der Waals surface area contributed by atoms with E-state index in [-0.39, 0.29) is 5.92 Å². The molecule has 1 saturated heterocycles. The summed E-state index contributed by atoms with van der Waals surface area (Å²) in [5.74, 6) is 1.28. The van der Waals surface area contributed by atoms with E-state index in [9.17, 15) is 4.79 Å². The topological polar surface area (TPSA) is 46.3 Å². The molecular weight excluding hydrogens is 212 g/mol. The Morgan fingerprint density at radius 2 is 2.12 bits per heavy atom. The van der Waals surface area contributed by atoms with Crippen molar-refractivity contribution in [1.82, 2.24) is 4.90 Å². The van der Waals surface area contributed by atoms with Gasteiger partial charge in [0.05, 0.1) is 0 Å². The number of rotatable bonds is 3. The van der Waals surface area contributed by atoms with Crippen molar-refractivity contribution in [3.8, 4) is 0 Å². The van der Waals surface area contributed by atoms with Crippen molar-refractivity contribution in [1.29, 1.82) is 0 Å². The van der Waals surface area contributed by atoms with Gasteiger partial charge in [-0.25, -0.2) is 0 Å². The van der Waals surface area contributed by atoms with Crippen LogP contribution in [0.15, 0.2) is 0 Å². The van der Waals surface area contributed by atoms with Crippen molar-refractivity contribution in [3.05, 3.63) is 0 Å². The highest BCUT2D eigenvalue weighted by Crippen LogP contribution is 2.32. The van der Waals surface area contributed by atoms with Crippen LogP contribution in [0.5, 0.6) is 0 Å². The molecule has 0 aromatic rings. The molecule has 0 aromatic carbocycles. The van der Waals surface area contributed by atoms with E-state index in [1.54, 1.807) is 0 Å². The van der Waals surface area contributed by atoms with Crippen molar-refractivity contribution in [2.24, 2.45) is 17.6 Å². The second kappa shape index (κ2) is 5.85. The van der Waals surface area contributed by atoms with Crippen LogP contribution in [0.2, 0.25) is 0 Å². The second-order valence-corrected chi connectivity index (χ2v) is 5.70. The van der Waals surface area contributed by atoms with Gasteiger partial charge in [-0.3, -0.25) is 4.79 Å². The van der Waals surface area contributed by atoms with Gasteiger partial charge in [-0.2, -0.15) is 0 Å².